The summed E-state index contributed by atoms with van der Waals surface area (Å²) in [7, 11) is 0. The van der Waals surface area contributed by atoms with E-state index in [1.807, 2.05) is 12.4 Å². The van der Waals surface area contributed by atoms with Crippen molar-refractivity contribution >= 4 is 0 Å². The Balaban J connectivity index is 1.42. The molecular weight excluding hydrogens is 260 g/mol. The van der Waals surface area contributed by atoms with Crippen LogP contribution < -0.4 is 5.32 Å². The molecule has 2 aromatic rings. The van der Waals surface area contributed by atoms with Crippen LogP contribution in [-0.4, -0.2) is 40.5 Å². The maximum absolute atomic E-state index is 4.26. The molecule has 1 unspecified atom stereocenters. The molecule has 3 rings (SSSR count). The first-order valence-electron chi connectivity index (χ1n) is 7.88. The van der Waals surface area contributed by atoms with Gasteiger partial charge in [-0.3, -0.25) is 4.90 Å². The summed E-state index contributed by atoms with van der Waals surface area (Å²) in [6, 6.07) is 11.4. The SMILES string of the molecule is c1ccc(CN2CCCC(NCCc3ncc[nH]3)C2)cc1. The Morgan fingerprint density at radius 3 is 3.00 bits per heavy atom. The summed E-state index contributed by atoms with van der Waals surface area (Å²) in [5.41, 5.74) is 1.41. The highest BCUT2D eigenvalue weighted by molar-refractivity contribution is 5.14. The molecule has 0 bridgehead atoms. The van der Waals surface area contributed by atoms with Crippen LogP contribution in [0, 0.1) is 0 Å². The van der Waals surface area contributed by atoms with E-state index in [1.54, 1.807) is 0 Å². The molecule has 1 aliphatic heterocycles. The molecule has 1 aliphatic rings. The molecule has 0 amide bonds. The first kappa shape index (κ1) is 14.3. The van der Waals surface area contributed by atoms with Crippen LogP contribution in [0.1, 0.15) is 24.2 Å². The van der Waals surface area contributed by atoms with Gasteiger partial charge in [0, 0.05) is 44.5 Å². The highest BCUT2D eigenvalue weighted by Crippen LogP contribution is 2.13. The third-order valence-corrected chi connectivity index (χ3v) is 4.10. The molecule has 21 heavy (non-hydrogen) atoms. The molecule has 1 aromatic heterocycles. The smallest absolute Gasteiger partial charge is 0.107 e. The molecule has 0 radical (unpaired) electrons. The third kappa shape index (κ3) is 4.41. The fourth-order valence-corrected chi connectivity index (χ4v) is 3.04. The van der Waals surface area contributed by atoms with Crippen LogP contribution >= 0.6 is 0 Å². The van der Waals surface area contributed by atoms with E-state index in [2.05, 4.69) is 50.5 Å². The van der Waals surface area contributed by atoms with Crippen molar-refractivity contribution in [2.75, 3.05) is 19.6 Å². The van der Waals surface area contributed by atoms with Crippen LogP contribution in [0.5, 0.6) is 0 Å². The molecule has 112 valence electrons. The second kappa shape index (κ2) is 7.38. The van der Waals surface area contributed by atoms with Gasteiger partial charge in [0.1, 0.15) is 5.82 Å². The van der Waals surface area contributed by atoms with E-state index >= 15 is 0 Å². The van der Waals surface area contributed by atoms with E-state index in [0.717, 1.165) is 31.9 Å². The third-order valence-electron chi connectivity index (χ3n) is 4.10. The molecule has 1 atom stereocenters. The quantitative estimate of drug-likeness (QED) is 0.855. The number of piperidine rings is 1. The average Bonchev–Trinajstić information content (AvgIpc) is 3.02. The lowest BCUT2D eigenvalue weighted by Crippen LogP contribution is -2.45. The summed E-state index contributed by atoms with van der Waals surface area (Å²) in [6.45, 7) is 4.42. The molecule has 2 N–H and O–H groups in total. The van der Waals surface area contributed by atoms with Crippen molar-refractivity contribution in [3.63, 3.8) is 0 Å². The van der Waals surface area contributed by atoms with Crippen molar-refractivity contribution in [2.45, 2.75) is 31.8 Å². The maximum Gasteiger partial charge on any atom is 0.107 e. The van der Waals surface area contributed by atoms with Gasteiger partial charge >= 0.3 is 0 Å². The molecule has 4 heteroatoms. The minimum Gasteiger partial charge on any atom is -0.349 e. The van der Waals surface area contributed by atoms with Gasteiger partial charge in [-0.1, -0.05) is 30.3 Å². The average molecular weight is 284 g/mol. The van der Waals surface area contributed by atoms with Crippen molar-refractivity contribution in [1.82, 2.24) is 20.2 Å². The van der Waals surface area contributed by atoms with Gasteiger partial charge in [-0.15, -0.1) is 0 Å². The number of aromatic amines is 1. The molecule has 0 aliphatic carbocycles. The Bertz CT molecular complexity index is 509. The Labute approximate surface area is 126 Å². The minimum atomic E-state index is 0.609. The van der Waals surface area contributed by atoms with E-state index in [1.165, 1.54) is 24.9 Å². The number of hydrogen-bond donors (Lipinski definition) is 2. The lowest BCUT2D eigenvalue weighted by Gasteiger charge is -2.33. The summed E-state index contributed by atoms with van der Waals surface area (Å²) in [5, 5.41) is 3.67. The normalized spacial score (nSPS) is 19.7. The molecular formula is C17H24N4. The molecule has 2 heterocycles. The molecule has 1 fully saturated rings. The monoisotopic (exact) mass is 284 g/mol. The summed E-state index contributed by atoms with van der Waals surface area (Å²) in [4.78, 5) is 9.98. The van der Waals surface area contributed by atoms with E-state index in [9.17, 15) is 0 Å². The fraction of sp³-hybridized carbons (Fsp3) is 0.471. The highest BCUT2D eigenvalue weighted by atomic mass is 15.2. The Kier molecular flexibility index (Phi) is 5.03. The summed E-state index contributed by atoms with van der Waals surface area (Å²) < 4.78 is 0. The second-order valence-electron chi connectivity index (χ2n) is 5.80. The van der Waals surface area contributed by atoms with Crippen molar-refractivity contribution in [2.24, 2.45) is 0 Å². The van der Waals surface area contributed by atoms with Crippen molar-refractivity contribution < 1.29 is 0 Å². The van der Waals surface area contributed by atoms with Gasteiger partial charge in [0.25, 0.3) is 0 Å². The minimum absolute atomic E-state index is 0.609. The first-order chi connectivity index (χ1) is 10.4. The zero-order valence-corrected chi connectivity index (χ0v) is 12.5. The number of imidazole rings is 1. The summed E-state index contributed by atoms with van der Waals surface area (Å²) in [6.07, 6.45) is 7.24. The predicted octanol–water partition coefficient (Wildman–Crippen LogP) is 2.21. The summed E-state index contributed by atoms with van der Waals surface area (Å²) >= 11 is 0. The van der Waals surface area contributed by atoms with Crippen LogP contribution in [-0.2, 0) is 13.0 Å². The van der Waals surface area contributed by atoms with Gasteiger partial charge < -0.3 is 10.3 Å². The Morgan fingerprint density at radius 2 is 2.19 bits per heavy atom. The summed E-state index contributed by atoms with van der Waals surface area (Å²) in [5.74, 6) is 1.07. The molecule has 4 nitrogen and oxygen atoms in total. The lowest BCUT2D eigenvalue weighted by molar-refractivity contribution is 0.184. The second-order valence-corrected chi connectivity index (χ2v) is 5.80. The Hall–Kier alpha value is -1.65. The standard InChI is InChI=1S/C17H24N4/c1-2-5-15(6-3-1)13-21-12-4-7-16(14-21)18-9-8-17-19-10-11-20-17/h1-3,5-6,10-11,16,18H,4,7-9,12-14H2,(H,19,20). The number of likely N-dealkylation sites (tertiary alicyclic amines) is 1. The first-order valence-corrected chi connectivity index (χ1v) is 7.88. The molecule has 0 saturated carbocycles. The number of nitrogens with one attached hydrogen (secondary N) is 2. The van der Waals surface area contributed by atoms with Gasteiger partial charge in [0.2, 0.25) is 0 Å². The van der Waals surface area contributed by atoms with Crippen LogP contribution in [0.25, 0.3) is 0 Å². The van der Waals surface area contributed by atoms with E-state index in [0.29, 0.717) is 6.04 Å². The number of benzene rings is 1. The Morgan fingerprint density at radius 1 is 1.29 bits per heavy atom. The van der Waals surface area contributed by atoms with Gasteiger partial charge in [0.05, 0.1) is 0 Å². The molecule has 1 aromatic carbocycles. The molecule has 1 saturated heterocycles. The van der Waals surface area contributed by atoms with E-state index in [4.69, 9.17) is 0 Å². The van der Waals surface area contributed by atoms with Crippen LogP contribution in [0.15, 0.2) is 42.7 Å². The van der Waals surface area contributed by atoms with Crippen LogP contribution in [0.4, 0.5) is 0 Å². The zero-order chi connectivity index (χ0) is 14.3. The number of hydrogen-bond acceptors (Lipinski definition) is 3. The number of nitrogens with zero attached hydrogens (tertiary/aromatic N) is 2. The van der Waals surface area contributed by atoms with Crippen molar-refractivity contribution in [3.05, 3.63) is 54.1 Å². The van der Waals surface area contributed by atoms with Crippen LogP contribution in [0.3, 0.4) is 0 Å². The van der Waals surface area contributed by atoms with Gasteiger partial charge in [0.15, 0.2) is 0 Å². The lowest BCUT2D eigenvalue weighted by atomic mass is 10.0. The number of aromatic nitrogens is 2. The fourth-order valence-electron chi connectivity index (χ4n) is 3.04. The van der Waals surface area contributed by atoms with E-state index in [-0.39, 0.29) is 0 Å². The van der Waals surface area contributed by atoms with Crippen molar-refractivity contribution in [1.29, 1.82) is 0 Å². The largest absolute Gasteiger partial charge is 0.349 e. The van der Waals surface area contributed by atoms with Crippen molar-refractivity contribution in [3.8, 4) is 0 Å². The zero-order valence-electron chi connectivity index (χ0n) is 12.5. The van der Waals surface area contributed by atoms with Gasteiger partial charge in [-0.25, -0.2) is 4.98 Å². The van der Waals surface area contributed by atoms with Crippen LogP contribution in [0.2, 0.25) is 0 Å². The number of H-pyrrole nitrogens is 1. The highest BCUT2D eigenvalue weighted by Gasteiger charge is 2.19. The van der Waals surface area contributed by atoms with Gasteiger partial charge in [-0.2, -0.15) is 0 Å². The maximum atomic E-state index is 4.26. The predicted molar refractivity (Wildman–Crippen MR) is 85.0 cm³/mol. The van der Waals surface area contributed by atoms with E-state index < -0.39 is 0 Å². The molecule has 0 spiro atoms. The number of rotatable bonds is 6. The van der Waals surface area contributed by atoms with Gasteiger partial charge in [-0.05, 0) is 24.9 Å². The topological polar surface area (TPSA) is 44.0 Å².